The van der Waals surface area contributed by atoms with Crippen LogP contribution in [0.5, 0.6) is 5.75 Å². The molecule has 1 aromatic rings. The van der Waals surface area contributed by atoms with Gasteiger partial charge in [0.2, 0.25) is 0 Å². The van der Waals surface area contributed by atoms with Crippen molar-refractivity contribution < 1.29 is 9.84 Å². The van der Waals surface area contributed by atoms with Crippen LogP contribution < -0.4 is 10.5 Å². The average molecular weight is 188 g/mol. The van der Waals surface area contributed by atoms with Crippen LogP contribution in [0.25, 0.3) is 0 Å². The summed E-state index contributed by atoms with van der Waals surface area (Å²) < 4.78 is 4.92. The van der Waals surface area contributed by atoms with Gasteiger partial charge in [-0.05, 0) is 18.2 Å². The molecular formula is C8H10ClNO2. The van der Waals surface area contributed by atoms with Crippen molar-refractivity contribution in [3.05, 3.63) is 28.8 Å². The van der Waals surface area contributed by atoms with Gasteiger partial charge in [-0.15, -0.1) is 0 Å². The minimum absolute atomic E-state index is 0.407. The minimum atomic E-state index is -1.04. The van der Waals surface area contributed by atoms with Crippen molar-refractivity contribution in [2.45, 2.75) is 6.23 Å². The second-order valence-corrected chi connectivity index (χ2v) is 2.74. The number of ether oxygens (including phenoxy) is 1. The molecular weight excluding hydrogens is 178 g/mol. The summed E-state index contributed by atoms with van der Waals surface area (Å²) in [6.45, 7) is 0. The lowest BCUT2D eigenvalue weighted by atomic mass is 10.2. The van der Waals surface area contributed by atoms with Crippen molar-refractivity contribution in [2.24, 2.45) is 5.73 Å². The molecule has 0 aromatic heterocycles. The molecule has 66 valence electrons. The van der Waals surface area contributed by atoms with Crippen LogP contribution in [0.15, 0.2) is 18.2 Å². The zero-order valence-corrected chi connectivity index (χ0v) is 7.38. The Bertz CT molecular complexity index is 276. The fourth-order valence-electron chi connectivity index (χ4n) is 0.875. The highest BCUT2D eigenvalue weighted by Crippen LogP contribution is 2.24. The first-order valence-corrected chi connectivity index (χ1v) is 3.80. The number of hydrogen-bond donors (Lipinski definition) is 2. The number of hydrogen-bond acceptors (Lipinski definition) is 3. The van der Waals surface area contributed by atoms with E-state index in [9.17, 15) is 0 Å². The van der Waals surface area contributed by atoms with Gasteiger partial charge in [-0.1, -0.05) is 11.6 Å². The number of benzene rings is 1. The molecule has 0 bridgehead atoms. The average Bonchev–Trinajstić information content (AvgIpc) is 2.03. The largest absolute Gasteiger partial charge is 0.497 e. The second kappa shape index (κ2) is 3.76. The van der Waals surface area contributed by atoms with E-state index in [0.29, 0.717) is 16.3 Å². The molecule has 0 saturated heterocycles. The molecule has 1 rings (SSSR count). The van der Waals surface area contributed by atoms with Gasteiger partial charge < -0.3 is 15.6 Å². The molecule has 3 N–H and O–H groups in total. The lowest BCUT2D eigenvalue weighted by Crippen LogP contribution is -2.08. The fourth-order valence-corrected chi connectivity index (χ4v) is 1.16. The summed E-state index contributed by atoms with van der Waals surface area (Å²) in [6.07, 6.45) is -1.04. The van der Waals surface area contributed by atoms with Crippen LogP contribution in [0.1, 0.15) is 11.8 Å². The van der Waals surface area contributed by atoms with Crippen LogP contribution in [-0.4, -0.2) is 12.2 Å². The van der Waals surface area contributed by atoms with Crippen molar-refractivity contribution in [3.63, 3.8) is 0 Å². The first-order valence-electron chi connectivity index (χ1n) is 3.42. The molecule has 0 fully saturated rings. The van der Waals surface area contributed by atoms with E-state index in [1.54, 1.807) is 25.3 Å². The first kappa shape index (κ1) is 9.32. The number of halogens is 1. The Hall–Kier alpha value is -0.770. The molecule has 0 aliphatic rings. The van der Waals surface area contributed by atoms with Gasteiger partial charge in [0.15, 0.2) is 0 Å². The van der Waals surface area contributed by atoms with Crippen LogP contribution in [0.3, 0.4) is 0 Å². The molecule has 0 saturated carbocycles. The zero-order chi connectivity index (χ0) is 9.14. The van der Waals surface area contributed by atoms with E-state index in [1.165, 1.54) is 0 Å². The Balaban J connectivity index is 3.03. The van der Waals surface area contributed by atoms with Crippen LogP contribution in [0.2, 0.25) is 5.02 Å². The molecule has 0 spiro atoms. The summed E-state index contributed by atoms with van der Waals surface area (Å²) in [7, 11) is 1.55. The van der Waals surface area contributed by atoms with Crippen molar-refractivity contribution in [3.8, 4) is 5.75 Å². The topological polar surface area (TPSA) is 55.5 Å². The molecule has 1 aromatic carbocycles. The lowest BCUT2D eigenvalue weighted by Gasteiger charge is -2.08. The maximum Gasteiger partial charge on any atom is 0.130 e. The minimum Gasteiger partial charge on any atom is -0.497 e. The van der Waals surface area contributed by atoms with Crippen molar-refractivity contribution in [1.82, 2.24) is 0 Å². The highest BCUT2D eigenvalue weighted by atomic mass is 35.5. The Morgan fingerprint density at radius 1 is 1.58 bits per heavy atom. The number of methoxy groups -OCH3 is 1. The van der Waals surface area contributed by atoms with E-state index >= 15 is 0 Å². The summed E-state index contributed by atoms with van der Waals surface area (Å²) in [5.41, 5.74) is 5.73. The Morgan fingerprint density at radius 3 is 2.67 bits per heavy atom. The second-order valence-electron chi connectivity index (χ2n) is 2.33. The number of aliphatic hydroxyl groups is 1. The molecule has 1 unspecified atom stereocenters. The Labute approximate surface area is 75.7 Å². The van der Waals surface area contributed by atoms with E-state index < -0.39 is 6.23 Å². The van der Waals surface area contributed by atoms with Crippen molar-refractivity contribution >= 4 is 11.6 Å². The predicted octanol–water partition coefficient (Wildman–Crippen LogP) is 1.30. The van der Waals surface area contributed by atoms with Gasteiger partial charge in [0.25, 0.3) is 0 Å². The SMILES string of the molecule is COc1ccc(C(N)O)c(Cl)c1. The fraction of sp³-hybridized carbons (Fsp3) is 0.250. The standard InChI is InChI=1S/C8H10ClNO2/c1-12-5-2-3-6(8(10)11)7(9)4-5/h2-4,8,11H,10H2,1H3. The van der Waals surface area contributed by atoms with Gasteiger partial charge in [-0.3, -0.25) is 0 Å². The Morgan fingerprint density at radius 2 is 2.25 bits per heavy atom. The number of aliphatic hydroxyl groups excluding tert-OH is 1. The van der Waals surface area contributed by atoms with Crippen molar-refractivity contribution in [2.75, 3.05) is 7.11 Å². The van der Waals surface area contributed by atoms with Crippen molar-refractivity contribution in [1.29, 1.82) is 0 Å². The van der Waals surface area contributed by atoms with Gasteiger partial charge in [0, 0.05) is 5.56 Å². The van der Waals surface area contributed by atoms with Crippen LogP contribution in [0.4, 0.5) is 0 Å². The normalized spacial score (nSPS) is 12.7. The van der Waals surface area contributed by atoms with E-state index in [-0.39, 0.29) is 0 Å². The van der Waals surface area contributed by atoms with Gasteiger partial charge in [-0.25, -0.2) is 0 Å². The molecule has 0 aliphatic carbocycles. The first-order chi connectivity index (χ1) is 5.65. The maximum absolute atomic E-state index is 9.02. The van der Waals surface area contributed by atoms with Crippen LogP contribution in [-0.2, 0) is 0 Å². The van der Waals surface area contributed by atoms with E-state index in [4.69, 9.17) is 27.2 Å². The zero-order valence-electron chi connectivity index (χ0n) is 6.62. The van der Waals surface area contributed by atoms with Gasteiger partial charge in [-0.2, -0.15) is 0 Å². The van der Waals surface area contributed by atoms with Gasteiger partial charge in [0.1, 0.15) is 12.0 Å². The molecule has 3 nitrogen and oxygen atoms in total. The van der Waals surface area contributed by atoms with Gasteiger partial charge >= 0.3 is 0 Å². The van der Waals surface area contributed by atoms with E-state index in [0.717, 1.165) is 0 Å². The molecule has 0 aliphatic heterocycles. The predicted molar refractivity (Wildman–Crippen MR) is 47.2 cm³/mol. The van der Waals surface area contributed by atoms with Crippen LogP contribution in [0, 0.1) is 0 Å². The van der Waals surface area contributed by atoms with E-state index in [2.05, 4.69) is 0 Å². The highest BCUT2D eigenvalue weighted by Gasteiger charge is 2.06. The third kappa shape index (κ3) is 1.88. The lowest BCUT2D eigenvalue weighted by molar-refractivity contribution is 0.186. The molecule has 0 heterocycles. The third-order valence-electron chi connectivity index (χ3n) is 1.53. The molecule has 0 amide bonds. The summed E-state index contributed by atoms with van der Waals surface area (Å²) in [5.74, 6) is 0.643. The monoisotopic (exact) mass is 187 g/mol. The highest BCUT2D eigenvalue weighted by molar-refractivity contribution is 6.31. The van der Waals surface area contributed by atoms with E-state index in [1.807, 2.05) is 0 Å². The van der Waals surface area contributed by atoms with Crippen LogP contribution >= 0.6 is 11.6 Å². The summed E-state index contributed by atoms with van der Waals surface area (Å²) in [4.78, 5) is 0. The van der Waals surface area contributed by atoms with Gasteiger partial charge in [0.05, 0.1) is 12.1 Å². The summed E-state index contributed by atoms with van der Waals surface area (Å²) in [5, 5.41) is 9.43. The number of rotatable bonds is 2. The molecule has 4 heteroatoms. The summed E-state index contributed by atoms with van der Waals surface area (Å²) in [6, 6.07) is 4.93. The maximum atomic E-state index is 9.02. The smallest absolute Gasteiger partial charge is 0.130 e. The third-order valence-corrected chi connectivity index (χ3v) is 1.85. The molecule has 12 heavy (non-hydrogen) atoms. The summed E-state index contributed by atoms with van der Waals surface area (Å²) >= 11 is 5.78. The molecule has 1 atom stereocenters. The quantitative estimate of drug-likeness (QED) is 0.687. The molecule has 0 radical (unpaired) electrons. The number of nitrogens with two attached hydrogens (primary N) is 1. The Kier molecular flexibility index (Phi) is 2.92.